The van der Waals surface area contributed by atoms with Crippen LogP contribution in [0, 0.1) is 5.41 Å². The van der Waals surface area contributed by atoms with E-state index < -0.39 is 0 Å². The molecule has 3 rings (SSSR count). The van der Waals surface area contributed by atoms with Gasteiger partial charge in [-0.15, -0.1) is 11.3 Å². The fourth-order valence-electron chi connectivity index (χ4n) is 3.95. The van der Waals surface area contributed by atoms with Gasteiger partial charge in [-0.1, -0.05) is 26.2 Å². The number of likely N-dealkylation sites (tertiary alicyclic amines) is 1. The maximum Gasteiger partial charge on any atom is 0.107 e. The monoisotopic (exact) mass is 307 g/mol. The Kier molecular flexibility index (Phi) is 5.30. The summed E-state index contributed by atoms with van der Waals surface area (Å²) in [6.07, 6.45) is 10.2. The summed E-state index contributed by atoms with van der Waals surface area (Å²) in [5, 5.41) is 6.83. The van der Waals surface area contributed by atoms with E-state index in [0.717, 1.165) is 19.6 Å². The molecule has 1 spiro atoms. The van der Waals surface area contributed by atoms with Crippen molar-refractivity contribution in [3.8, 4) is 0 Å². The second-order valence-electron chi connectivity index (χ2n) is 6.85. The van der Waals surface area contributed by atoms with Crippen LogP contribution in [0.5, 0.6) is 0 Å². The fourth-order valence-corrected chi connectivity index (χ4v) is 4.71. The molecule has 118 valence electrons. The summed E-state index contributed by atoms with van der Waals surface area (Å²) in [5.41, 5.74) is 1.99. The minimum atomic E-state index is 0.715. The summed E-state index contributed by atoms with van der Waals surface area (Å²) in [4.78, 5) is 7.38. The molecule has 0 aromatic carbocycles. The van der Waals surface area contributed by atoms with Gasteiger partial charge in [0, 0.05) is 18.5 Å². The van der Waals surface area contributed by atoms with Gasteiger partial charge >= 0.3 is 0 Å². The van der Waals surface area contributed by atoms with Gasteiger partial charge in [0.15, 0.2) is 0 Å². The average molecular weight is 308 g/mol. The van der Waals surface area contributed by atoms with E-state index in [4.69, 9.17) is 4.98 Å². The predicted molar refractivity (Wildman–Crippen MR) is 89.5 cm³/mol. The molecule has 1 aliphatic heterocycles. The van der Waals surface area contributed by atoms with Gasteiger partial charge in [0.05, 0.1) is 5.69 Å². The van der Waals surface area contributed by atoms with Crippen LogP contribution in [0.2, 0.25) is 0 Å². The molecule has 21 heavy (non-hydrogen) atoms. The van der Waals surface area contributed by atoms with Crippen molar-refractivity contribution in [2.75, 3.05) is 19.6 Å². The van der Waals surface area contributed by atoms with Gasteiger partial charge in [-0.2, -0.15) is 0 Å². The fraction of sp³-hybridized carbons (Fsp3) is 0.824. The van der Waals surface area contributed by atoms with Crippen molar-refractivity contribution >= 4 is 11.3 Å². The second kappa shape index (κ2) is 7.21. The predicted octanol–water partition coefficient (Wildman–Crippen LogP) is 3.80. The molecule has 1 aromatic rings. The Balaban J connectivity index is 1.47. The molecule has 1 saturated heterocycles. The van der Waals surface area contributed by atoms with Crippen LogP contribution in [0.4, 0.5) is 0 Å². The van der Waals surface area contributed by atoms with Gasteiger partial charge in [0.25, 0.3) is 0 Å². The zero-order valence-electron chi connectivity index (χ0n) is 13.4. The second-order valence-corrected chi connectivity index (χ2v) is 7.79. The van der Waals surface area contributed by atoms with E-state index in [1.165, 1.54) is 68.7 Å². The third kappa shape index (κ3) is 4.05. The third-order valence-corrected chi connectivity index (χ3v) is 6.24. The van der Waals surface area contributed by atoms with Gasteiger partial charge in [-0.3, -0.25) is 4.90 Å². The van der Waals surface area contributed by atoms with Crippen LogP contribution in [0.3, 0.4) is 0 Å². The van der Waals surface area contributed by atoms with Crippen LogP contribution in [0.1, 0.15) is 62.6 Å². The topological polar surface area (TPSA) is 28.2 Å². The van der Waals surface area contributed by atoms with Crippen LogP contribution in [-0.2, 0) is 13.1 Å². The van der Waals surface area contributed by atoms with Gasteiger partial charge in [-0.25, -0.2) is 4.98 Å². The lowest BCUT2D eigenvalue weighted by atomic mass is 9.68. The van der Waals surface area contributed by atoms with E-state index in [1.807, 2.05) is 0 Å². The number of hydrogen-bond donors (Lipinski definition) is 1. The Morgan fingerprint density at radius 2 is 1.95 bits per heavy atom. The molecule has 3 nitrogen and oxygen atoms in total. The van der Waals surface area contributed by atoms with Crippen molar-refractivity contribution in [2.24, 2.45) is 5.41 Å². The number of thiazole rings is 1. The summed E-state index contributed by atoms with van der Waals surface area (Å²) in [6, 6.07) is 0. The molecular weight excluding hydrogens is 278 g/mol. The molecule has 0 unspecified atom stereocenters. The number of hydrogen-bond acceptors (Lipinski definition) is 4. The van der Waals surface area contributed by atoms with Crippen molar-refractivity contribution in [2.45, 2.75) is 65.0 Å². The first-order valence-electron chi connectivity index (χ1n) is 8.66. The van der Waals surface area contributed by atoms with Crippen molar-refractivity contribution < 1.29 is 0 Å². The highest BCUT2D eigenvalue weighted by Crippen LogP contribution is 2.44. The lowest BCUT2D eigenvalue weighted by Crippen LogP contribution is -2.40. The summed E-state index contributed by atoms with van der Waals surface area (Å²) in [5.74, 6) is 0. The largest absolute Gasteiger partial charge is 0.311 e. The zero-order chi connectivity index (χ0) is 14.5. The Hall–Kier alpha value is -0.450. The highest BCUT2D eigenvalue weighted by molar-refractivity contribution is 7.09. The molecule has 0 amide bonds. The van der Waals surface area contributed by atoms with Crippen molar-refractivity contribution in [1.82, 2.24) is 15.2 Å². The lowest BCUT2D eigenvalue weighted by molar-refractivity contribution is 0.0636. The van der Waals surface area contributed by atoms with Crippen LogP contribution in [-0.4, -0.2) is 29.5 Å². The van der Waals surface area contributed by atoms with E-state index in [9.17, 15) is 0 Å². The molecule has 0 radical (unpaired) electrons. The molecule has 1 aliphatic carbocycles. The average Bonchev–Trinajstić information content (AvgIpc) is 2.96. The quantitative estimate of drug-likeness (QED) is 0.897. The van der Waals surface area contributed by atoms with E-state index in [0.29, 0.717) is 5.41 Å². The summed E-state index contributed by atoms with van der Waals surface area (Å²) in [7, 11) is 0. The van der Waals surface area contributed by atoms with Crippen molar-refractivity contribution in [1.29, 1.82) is 0 Å². The Labute approximate surface area is 133 Å². The van der Waals surface area contributed by atoms with E-state index in [-0.39, 0.29) is 0 Å². The van der Waals surface area contributed by atoms with Crippen molar-refractivity contribution in [3.63, 3.8) is 0 Å². The van der Waals surface area contributed by atoms with Crippen LogP contribution < -0.4 is 5.32 Å². The molecule has 2 heterocycles. The maximum atomic E-state index is 4.76. The Bertz CT molecular complexity index is 427. The number of nitrogens with zero attached hydrogens (tertiary/aromatic N) is 2. The minimum absolute atomic E-state index is 0.715. The molecule has 0 atom stereocenters. The minimum Gasteiger partial charge on any atom is -0.311 e. The molecule has 2 aliphatic rings. The molecule has 2 fully saturated rings. The SMILES string of the molecule is CCNCc1nc(CN2CCC3(CCCCC3)CC2)cs1. The summed E-state index contributed by atoms with van der Waals surface area (Å²) < 4.78 is 0. The molecule has 4 heteroatoms. The van der Waals surface area contributed by atoms with Crippen LogP contribution in [0.25, 0.3) is 0 Å². The van der Waals surface area contributed by atoms with Crippen LogP contribution in [0.15, 0.2) is 5.38 Å². The number of piperidine rings is 1. The number of rotatable bonds is 5. The Morgan fingerprint density at radius 1 is 1.19 bits per heavy atom. The standard InChI is InChI=1S/C17H29N3S/c1-2-18-12-16-19-15(14-21-16)13-20-10-8-17(9-11-20)6-4-3-5-7-17/h14,18H,2-13H2,1H3. The molecule has 0 bridgehead atoms. The maximum absolute atomic E-state index is 4.76. The van der Waals surface area contributed by atoms with Gasteiger partial charge in [-0.05, 0) is 50.7 Å². The molecule has 1 aromatic heterocycles. The summed E-state index contributed by atoms with van der Waals surface area (Å²) >= 11 is 1.80. The first-order valence-corrected chi connectivity index (χ1v) is 9.54. The van der Waals surface area contributed by atoms with E-state index in [1.54, 1.807) is 11.3 Å². The van der Waals surface area contributed by atoms with E-state index >= 15 is 0 Å². The smallest absolute Gasteiger partial charge is 0.107 e. The third-order valence-electron chi connectivity index (χ3n) is 5.34. The van der Waals surface area contributed by atoms with Crippen LogP contribution >= 0.6 is 11.3 Å². The highest BCUT2D eigenvalue weighted by Gasteiger charge is 2.35. The van der Waals surface area contributed by atoms with Gasteiger partial charge < -0.3 is 5.32 Å². The van der Waals surface area contributed by atoms with Gasteiger partial charge in [0.1, 0.15) is 5.01 Å². The molecular formula is C17H29N3S. The van der Waals surface area contributed by atoms with Crippen molar-refractivity contribution in [3.05, 3.63) is 16.1 Å². The lowest BCUT2D eigenvalue weighted by Gasteiger charge is -2.44. The summed E-state index contributed by atoms with van der Waals surface area (Å²) in [6.45, 7) is 7.69. The first kappa shape index (κ1) is 15.4. The zero-order valence-corrected chi connectivity index (χ0v) is 14.2. The first-order chi connectivity index (χ1) is 10.3. The normalized spacial score (nSPS) is 22.7. The van der Waals surface area contributed by atoms with Gasteiger partial charge in [0.2, 0.25) is 0 Å². The number of nitrogens with one attached hydrogen (secondary N) is 1. The Morgan fingerprint density at radius 3 is 2.67 bits per heavy atom. The van der Waals surface area contributed by atoms with E-state index in [2.05, 4.69) is 22.5 Å². The molecule has 1 N–H and O–H groups in total. The highest BCUT2D eigenvalue weighted by atomic mass is 32.1. The number of aromatic nitrogens is 1. The molecule has 1 saturated carbocycles.